The van der Waals surface area contributed by atoms with Crippen LogP contribution in [-0.2, 0) is 41.4 Å². The molecular weight excluding hydrogens is 802 g/mol. The lowest BCUT2D eigenvalue weighted by Crippen LogP contribution is -2.61. The average molecular weight is 861 g/mol. The van der Waals surface area contributed by atoms with E-state index in [2.05, 4.69) is 32.0 Å². The molecule has 1 spiro atoms. The van der Waals surface area contributed by atoms with E-state index in [-0.39, 0.29) is 28.7 Å². The number of hydrogen-bond donors (Lipinski definition) is 2. The molecule has 4 aliphatic heterocycles. The molecule has 2 bridgehead atoms. The van der Waals surface area contributed by atoms with Crippen LogP contribution in [0.2, 0.25) is 5.02 Å². The number of ether oxygens (including phenoxy) is 2. The number of nitrogens with one attached hydrogen (secondary N) is 2. The molecule has 0 aromatic heterocycles. The fourth-order valence-electron chi connectivity index (χ4n) is 9.83. The van der Waals surface area contributed by atoms with Gasteiger partial charge in [0.1, 0.15) is 11.4 Å². The molecule has 58 heavy (non-hydrogen) atoms. The molecule has 1 saturated carbocycles. The zero-order chi connectivity index (χ0) is 41.5. The van der Waals surface area contributed by atoms with Crippen molar-refractivity contribution in [1.82, 2.24) is 19.2 Å². The number of piperazine rings is 2. The summed E-state index contributed by atoms with van der Waals surface area (Å²) in [6.45, 7) is 10.3. The highest BCUT2D eigenvalue weighted by atomic mass is 35.5. The molecule has 2 aromatic rings. The summed E-state index contributed by atoms with van der Waals surface area (Å²) in [6.07, 6.45) is 10.9. The van der Waals surface area contributed by atoms with Gasteiger partial charge in [0.25, 0.3) is 5.91 Å². The summed E-state index contributed by atoms with van der Waals surface area (Å²) in [5.74, 6) is -0.203. The monoisotopic (exact) mass is 859 g/mol. The van der Waals surface area contributed by atoms with Crippen molar-refractivity contribution >= 4 is 49.5 Å². The number of nitrogens with zero attached hydrogens (tertiary/aromatic N) is 3. The van der Waals surface area contributed by atoms with Crippen molar-refractivity contribution in [2.24, 2.45) is 17.8 Å². The van der Waals surface area contributed by atoms with Gasteiger partial charge in [-0.15, -0.1) is 0 Å². The minimum absolute atomic E-state index is 0.0434. The van der Waals surface area contributed by atoms with Gasteiger partial charge in [0.2, 0.25) is 20.0 Å². The van der Waals surface area contributed by atoms with Gasteiger partial charge in [-0.1, -0.05) is 30.7 Å². The van der Waals surface area contributed by atoms with Crippen molar-refractivity contribution in [3.8, 4) is 5.75 Å². The number of rotatable bonds is 3. The Labute approximate surface area is 348 Å². The van der Waals surface area contributed by atoms with Crippen LogP contribution >= 0.6 is 11.6 Å². The Kier molecular flexibility index (Phi) is 12.7. The van der Waals surface area contributed by atoms with Crippen molar-refractivity contribution in [3.05, 3.63) is 70.3 Å². The molecule has 2 N–H and O–H groups in total. The number of sulfonamides is 2. The first-order valence-electron chi connectivity index (χ1n) is 20.5. The van der Waals surface area contributed by atoms with Gasteiger partial charge in [0.15, 0.2) is 6.29 Å². The second-order valence-electron chi connectivity index (χ2n) is 17.2. The molecule has 1 amide bonds. The second-order valence-corrected chi connectivity index (χ2v) is 21.7. The van der Waals surface area contributed by atoms with E-state index in [4.69, 9.17) is 21.1 Å². The number of amides is 1. The Bertz CT molecular complexity index is 2120. The van der Waals surface area contributed by atoms with Crippen LogP contribution in [0.1, 0.15) is 67.4 Å². The van der Waals surface area contributed by atoms with Crippen LogP contribution in [-0.4, -0.2) is 127 Å². The molecule has 2 aromatic carbocycles. The fraction of sp³-hybridized carbons (Fsp3) is 0.619. The average Bonchev–Trinajstić information content (AvgIpc) is 3.34. The maximum Gasteiger partial charge on any atom is 0.264 e. The Hall–Kier alpha value is -3.05. The number of allylic oxidation sites excluding steroid dienone is 1. The van der Waals surface area contributed by atoms with E-state index in [1.807, 2.05) is 25.1 Å². The standard InChI is InChI=1S/C34H41ClN2O6S.C8H17N3O2S/c1-22-6-4-15-34(20-38,42-3)29-11-8-26(29)18-37-19-33(14-5-7-24-16-27(35)10-12-28(24)33)21-43-31-13-9-25(17-30(31)37)32(39)36-44(40,41)23(22)2;1-14(12,13)11-5-4-10-3-2-9-6-8(10)7-11/h4,9-10,12-13,15-17,20,22-23,26,29H,5-8,11,14,18-19,21H2,1-3H3,(H,36,39);8-9H,2-7H2,1H3/b15-4+;/t22-,23+,26-,29+,33-,34-;/m0./s1. The zero-order valence-corrected chi connectivity index (χ0v) is 36.4. The minimum Gasteiger partial charge on any atom is -0.490 e. The number of aldehydes is 1. The molecule has 1 unspecified atom stereocenters. The molecule has 2 aliphatic carbocycles. The van der Waals surface area contributed by atoms with Gasteiger partial charge in [-0.3, -0.25) is 14.5 Å². The molecule has 2 saturated heterocycles. The van der Waals surface area contributed by atoms with E-state index in [0.29, 0.717) is 56.0 Å². The van der Waals surface area contributed by atoms with Gasteiger partial charge in [-0.05, 0) is 105 Å². The molecular formula is C42H58ClN5O8S2. The third-order valence-electron chi connectivity index (χ3n) is 13.7. The molecule has 16 heteroatoms. The number of anilines is 1. The van der Waals surface area contributed by atoms with Crippen LogP contribution in [0.15, 0.2) is 48.6 Å². The van der Waals surface area contributed by atoms with Crippen molar-refractivity contribution in [1.29, 1.82) is 0 Å². The van der Waals surface area contributed by atoms with E-state index in [1.54, 1.807) is 36.5 Å². The molecule has 7 atom stereocenters. The summed E-state index contributed by atoms with van der Waals surface area (Å²) < 4.78 is 65.6. The van der Waals surface area contributed by atoms with E-state index in [0.717, 1.165) is 70.3 Å². The molecule has 318 valence electrons. The van der Waals surface area contributed by atoms with Crippen molar-refractivity contribution in [2.45, 2.75) is 74.7 Å². The fourth-order valence-corrected chi connectivity index (χ4v) is 12.2. The van der Waals surface area contributed by atoms with E-state index in [9.17, 15) is 26.4 Å². The van der Waals surface area contributed by atoms with Crippen LogP contribution < -0.4 is 19.7 Å². The summed E-state index contributed by atoms with van der Waals surface area (Å²) in [6, 6.07) is 11.6. The third kappa shape index (κ3) is 8.73. The number of methoxy groups -OCH3 is 1. The van der Waals surface area contributed by atoms with Gasteiger partial charge in [0, 0.05) is 87.4 Å². The van der Waals surface area contributed by atoms with Crippen LogP contribution in [0.4, 0.5) is 5.69 Å². The summed E-state index contributed by atoms with van der Waals surface area (Å²) in [7, 11) is -5.40. The van der Waals surface area contributed by atoms with Gasteiger partial charge >= 0.3 is 0 Å². The molecule has 13 nitrogen and oxygen atoms in total. The lowest BCUT2D eigenvalue weighted by atomic mass is 9.64. The number of benzene rings is 2. The summed E-state index contributed by atoms with van der Waals surface area (Å²) in [4.78, 5) is 30.7. The first-order chi connectivity index (χ1) is 27.6. The van der Waals surface area contributed by atoms with Crippen LogP contribution in [0.25, 0.3) is 0 Å². The van der Waals surface area contributed by atoms with Crippen molar-refractivity contribution in [3.63, 3.8) is 0 Å². The van der Waals surface area contributed by atoms with Crippen LogP contribution in [0, 0.1) is 17.8 Å². The molecule has 4 heterocycles. The molecule has 8 rings (SSSR count). The van der Waals surface area contributed by atoms with E-state index in [1.165, 1.54) is 17.4 Å². The quantitative estimate of drug-likeness (QED) is 0.340. The first-order valence-corrected chi connectivity index (χ1v) is 24.3. The number of fused-ring (bicyclic) bond motifs is 5. The predicted molar refractivity (Wildman–Crippen MR) is 226 cm³/mol. The minimum atomic E-state index is -3.97. The van der Waals surface area contributed by atoms with Crippen LogP contribution in [0.5, 0.6) is 5.75 Å². The SMILES string of the molecule is CO[C@]1(C=O)/C=C/C[C@H](C)[C@@H](C)S(=O)(=O)NC(=O)c2ccc3c(c2)N(C[C@@H]2CC[C@H]21)C[C@@]1(CCCc2cc(Cl)ccc21)CO3.CS(=O)(=O)N1CCN2CCNCC2C1. The Morgan fingerprint density at radius 1 is 1.07 bits per heavy atom. The smallest absolute Gasteiger partial charge is 0.264 e. The summed E-state index contributed by atoms with van der Waals surface area (Å²) in [5.41, 5.74) is 2.05. The second kappa shape index (κ2) is 17.1. The number of hydrogen-bond acceptors (Lipinski definition) is 11. The number of carbonyl (C=O) groups excluding carboxylic acids is 2. The molecule has 3 fully saturated rings. The van der Waals surface area contributed by atoms with Gasteiger partial charge in [-0.2, -0.15) is 4.31 Å². The van der Waals surface area contributed by atoms with Crippen molar-refractivity contribution < 1.29 is 35.9 Å². The predicted octanol–water partition coefficient (Wildman–Crippen LogP) is 4.00. The zero-order valence-electron chi connectivity index (χ0n) is 34.0. The number of halogens is 1. The third-order valence-corrected chi connectivity index (χ3v) is 17.1. The van der Waals surface area contributed by atoms with E-state index < -0.39 is 36.8 Å². The first kappa shape index (κ1) is 43.1. The number of carbonyl (C=O) groups is 2. The highest BCUT2D eigenvalue weighted by Gasteiger charge is 2.49. The summed E-state index contributed by atoms with van der Waals surface area (Å²) >= 11 is 6.40. The Balaban J connectivity index is 0.000000307. The lowest BCUT2D eigenvalue weighted by molar-refractivity contribution is -0.135. The molecule has 0 radical (unpaired) electrons. The highest BCUT2D eigenvalue weighted by molar-refractivity contribution is 7.90. The largest absolute Gasteiger partial charge is 0.490 e. The normalized spacial score (nSPS) is 33.3. The van der Waals surface area contributed by atoms with Crippen molar-refractivity contribution in [2.75, 3.05) is 77.2 Å². The highest BCUT2D eigenvalue weighted by Crippen LogP contribution is 2.48. The van der Waals surface area contributed by atoms with Crippen LogP contribution in [0.3, 0.4) is 0 Å². The van der Waals surface area contributed by atoms with E-state index >= 15 is 0 Å². The van der Waals surface area contributed by atoms with Gasteiger partial charge in [0.05, 0.1) is 23.8 Å². The Morgan fingerprint density at radius 2 is 1.88 bits per heavy atom. The maximum atomic E-state index is 13.4. The number of aryl methyl sites for hydroxylation is 1. The topological polar surface area (TPSA) is 155 Å². The molecule has 6 aliphatic rings. The Morgan fingerprint density at radius 3 is 2.60 bits per heavy atom. The maximum absolute atomic E-state index is 13.4. The van der Waals surface area contributed by atoms with Gasteiger partial charge in [-0.25, -0.2) is 21.6 Å². The summed E-state index contributed by atoms with van der Waals surface area (Å²) in [5, 5.41) is 3.17. The van der Waals surface area contributed by atoms with Gasteiger partial charge < -0.3 is 19.7 Å². The lowest BCUT2D eigenvalue weighted by Gasteiger charge is -2.48.